The van der Waals surface area contributed by atoms with Gasteiger partial charge in [0.05, 0.1) is 0 Å². The van der Waals surface area contributed by atoms with Gasteiger partial charge in [0.15, 0.2) is 0 Å². The van der Waals surface area contributed by atoms with Crippen molar-refractivity contribution in [2.45, 2.75) is 0 Å². The number of carbonyl (C=O) groups excluding carboxylic acids is 1. The Hall–Kier alpha value is -2.20. The van der Waals surface area contributed by atoms with Crippen LogP contribution in [0.4, 0.5) is 4.39 Å². The molecule has 2 aromatic carbocycles. The minimum atomic E-state index is -0.195. The second-order valence-electron chi connectivity index (χ2n) is 3.16. The molecule has 0 bridgehead atoms. The van der Waals surface area contributed by atoms with Gasteiger partial charge in [-0.15, -0.1) is 0 Å². The van der Waals surface area contributed by atoms with Gasteiger partial charge in [0.2, 0.25) is 6.41 Å². The molecule has 17 heavy (non-hydrogen) atoms. The summed E-state index contributed by atoms with van der Waals surface area (Å²) in [5, 5.41) is 0. The Bertz CT molecular complexity index is 443. The normalized spacial score (nSPS) is 8.82. The highest BCUT2D eigenvalue weighted by Gasteiger charge is 1.95. The topological polar surface area (TPSA) is 55.1 Å². The SMILES string of the molecule is Fc1ccc(-c2ccccc2)cc1.NNC=O. The third-order valence-electron chi connectivity index (χ3n) is 2.02. The van der Waals surface area contributed by atoms with Gasteiger partial charge >= 0.3 is 0 Å². The van der Waals surface area contributed by atoms with Gasteiger partial charge in [-0.2, -0.15) is 0 Å². The van der Waals surface area contributed by atoms with Crippen molar-refractivity contribution in [3.63, 3.8) is 0 Å². The van der Waals surface area contributed by atoms with E-state index in [4.69, 9.17) is 4.79 Å². The number of carbonyl (C=O) groups is 1. The van der Waals surface area contributed by atoms with Gasteiger partial charge in [-0.25, -0.2) is 10.2 Å². The van der Waals surface area contributed by atoms with Crippen LogP contribution >= 0.6 is 0 Å². The van der Waals surface area contributed by atoms with Gasteiger partial charge in [-0.05, 0) is 23.3 Å². The summed E-state index contributed by atoms with van der Waals surface area (Å²) in [6.07, 6.45) is 0.403. The van der Waals surface area contributed by atoms with E-state index in [0.717, 1.165) is 11.1 Å². The average Bonchev–Trinajstić information content (AvgIpc) is 2.41. The van der Waals surface area contributed by atoms with Crippen molar-refractivity contribution in [3.8, 4) is 11.1 Å². The Labute approximate surface area is 99.0 Å². The number of benzene rings is 2. The molecule has 0 fully saturated rings. The molecule has 4 heteroatoms. The molecule has 0 unspecified atom stereocenters. The van der Waals surface area contributed by atoms with Crippen molar-refractivity contribution in [3.05, 3.63) is 60.4 Å². The van der Waals surface area contributed by atoms with Crippen LogP contribution in [0.2, 0.25) is 0 Å². The van der Waals surface area contributed by atoms with Crippen molar-refractivity contribution in [2.75, 3.05) is 0 Å². The number of halogens is 1. The molecular formula is C13H13FN2O. The van der Waals surface area contributed by atoms with E-state index in [1.54, 1.807) is 17.6 Å². The zero-order chi connectivity index (χ0) is 12.5. The van der Waals surface area contributed by atoms with E-state index in [1.165, 1.54) is 12.1 Å². The maximum absolute atomic E-state index is 12.6. The van der Waals surface area contributed by atoms with E-state index in [2.05, 4.69) is 5.84 Å². The van der Waals surface area contributed by atoms with Crippen LogP contribution in [0.15, 0.2) is 54.6 Å². The molecule has 0 saturated carbocycles. The molecule has 0 aromatic heterocycles. The standard InChI is InChI=1S/C12H9F.CH4N2O/c13-12-8-6-11(7-9-12)10-4-2-1-3-5-10;2-3-1-4/h1-9H;1H,2H2,(H,3,4). The molecule has 0 heterocycles. The Morgan fingerprint density at radius 3 is 1.88 bits per heavy atom. The van der Waals surface area contributed by atoms with Crippen LogP contribution in [0.25, 0.3) is 11.1 Å². The fourth-order valence-electron chi connectivity index (χ4n) is 1.27. The quantitative estimate of drug-likeness (QED) is 0.360. The maximum Gasteiger partial charge on any atom is 0.221 e. The Morgan fingerprint density at radius 2 is 1.41 bits per heavy atom. The van der Waals surface area contributed by atoms with Gasteiger partial charge in [0, 0.05) is 0 Å². The highest BCUT2D eigenvalue weighted by Crippen LogP contribution is 2.18. The van der Waals surface area contributed by atoms with Crippen molar-refractivity contribution < 1.29 is 9.18 Å². The van der Waals surface area contributed by atoms with Crippen LogP contribution < -0.4 is 11.3 Å². The van der Waals surface area contributed by atoms with Gasteiger partial charge in [0.25, 0.3) is 0 Å². The Balaban J connectivity index is 0.000000317. The summed E-state index contributed by atoms with van der Waals surface area (Å²) in [7, 11) is 0. The molecule has 88 valence electrons. The smallest absolute Gasteiger partial charge is 0.221 e. The van der Waals surface area contributed by atoms with Gasteiger partial charge in [-0.3, -0.25) is 10.2 Å². The number of amides is 1. The lowest BCUT2D eigenvalue weighted by Crippen LogP contribution is -2.18. The molecule has 0 aliphatic rings. The molecule has 0 saturated heterocycles. The lowest BCUT2D eigenvalue weighted by atomic mass is 10.1. The lowest BCUT2D eigenvalue weighted by molar-refractivity contribution is -0.109. The van der Waals surface area contributed by atoms with Gasteiger partial charge in [-0.1, -0.05) is 42.5 Å². The first-order chi connectivity index (χ1) is 8.27. The third kappa shape index (κ3) is 4.44. The second-order valence-corrected chi connectivity index (χ2v) is 3.16. The highest BCUT2D eigenvalue weighted by molar-refractivity contribution is 5.62. The molecule has 3 nitrogen and oxygen atoms in total. The monoisotopic (exact) mass is 232 g/mol. The van der Waals surface area contributed by atoms with E-state index in [9.17, 15) is 4.39 Å². The van der Waals surface area contributed by atoms with Crippen molar-refractivity contribution in [1.82, 2.24) is 5.43 Å². The van der Waals surface area contributed by atoms with E-state index in [1.807, 2.05) is 30.3 Å². The lowest BCUT2D eigenvalue weighted by Gasteiger charge is -1.99. The summed E-state index contributed by atoms with van der Waals surface area (Å²) < 4.78 is 12.6. The van der Waals surface area contributed by atoms with Crippen LogP contribution in [0, 0.1) is 5.82 Å². The van der Waals surface area contributed by atoms with Crippen LogP contribution in [0.3, 0.4) is 0 Å². The average molecular weight is 232 g/mol. The molecule has 0 radical (unpaired) electrons. The minimum absolute atomic E-state index is 0.195. The number of rotatable bonds is 2. The summed E-state index contributed by atoms with van der Waals surface area (Å²) in [5.41, 5.74) is 3.91. The summed E-state index contributed by atoms with van der Waals surface area (Å²) in [4.78, 5) is 8.94. The molecule has 3 N–H and O–H groups in total. The van der Waals surface area contributed by atoms with Crippen molar-refractivity contribution in [1.29, 1.82) is 0 Å². The first kappa shape index (κ1) is 12.9. The fourth-order valence-corrected chi connectivity index (χ4v) is 1.27. The minimum Gasteiger partial charge on any atom is -0.297 e. The van der Waals surface area contributed by atoms with Crippen LogP contribution in [-0.2, 0) is 4.79 Å². The zero-order valence-corrected chi connectivity index (χ0v) is 9.14. The third-order valence-corrected chi connectivity index (χ3v) is 2.02. The van der Waals surface area contributed by atoms with E-state index < -0.39 is 0 Å². The van der Waals surface area contributed by atoms with Crippen LogP contribution in [-0.4, -0.2) is 6.41 Å². The summed E-state index contributed by atoms with van der Waals surface area (Å²) >= 11 is 0. The number of nitrogens with one attached hydrogen (secondary N) is 1. The second kappa shape index (κ2) is 7.14. The molecule has 0 spiro atoms. The van der Waals surface area contributed by atoms with Gasteiger partial charge in [0.1, 0.15) is 5.82 Å². The number of hydrazine groups is 1. The molecule has 2 aromatic rings. The number of hydrogen-bond donors (Lipinski definition) is 2. The van der Waals surface area contributed by atoms with Gasteiger partial charge < -0.3 is 0 Å². The number of nitrogens with two attached hydrogens (primary N) is 1. The van der Waals surface area contributed by atoms with E-state index in [0.29, 0.717) is 6.41 Å². The first-order valence-electron chi connectivity index (χ1n) is 4.98. The highest BCUT2D eigenvalue weighted by atomic mass is 19.1. The molecule has 1 amide bonds. The molecule has 0 aliphatic carbocycles. The maximum atomic E-state index is 12.6. The predicted octanol–water partition coefficient (Wildman–Crippen LogP) is 2.10. The van der Waals surface area contributed by atoms with Crippen LogP contribution in [0.5, 0.6) is 0 Å². The first-order valence-corrected chi connectivity index (χ1v) is 4.98. The molecule has 0 aliphatic heterocycles. The molecule has 2 rings (SSSR count). The molecular weight excluding hydrogens is 219 g/mol. The summed E-state index contributed by atoms with van der Waals surface area (Å²) in [5.74, 6) is 4.21. The van der Waals surface area contributed by atoms with E-state index >= 15 is 0 Å². The van der Waals surface area contributed by atoms with E-state index in [-0.39, 0.29) is 5.82 Å². The Morgan fingerprint density at radius 1 is 0.941 bits per heavy atom. The van der Waals surface area contributed by atoms with Crippen molar-refractivity contribution >= 4 is 6.41 Å². The zero-order valence-electron chi connectivity index (χ0n) is 9.14. The number of hydrogen-bond acceptors (Lipinski definition) is 2. The largest absolute Gasteiger partial charge is 0.297 e. The summed E-state index contributed by atoms with van der Waals surface area (Å²) in [6.45, 7) is 0. The summed E-state index contributed by atoms with van der Waals surface area (Å²) in [6, 6.07) is 16.4. The molecule has 0 atom stereocenters. The van der Waals surface area contributed by atoms with Crippen molar-refractivity contribution in [2.24, 2.45) is 5.84 Å². The Kier molecular flexibility index (Phi) is 5.40. The predicted molar refractivity (Wildman–Crippen MR) is 65.2 cm³/mol. The van der Waals surface area contributed by atoms with Crippen LogP contribution in [0.1, 0.15) is 0 Å². The fraction of sp³-hybridized carbons (Fsp3) is 0.